The van der Waals surface area contributed by atoms with E-state index in [9.17, 15) is 4.79 Å². The van der Waals surface area contributed by atoms with Crippen LogP contribution in [0, 0.1) is 0 Å². The van der Waals surface area contributed by atoms with Crippen LogP contribution in [0.15, 0.2) is 54.6 Å². The molecule has 3 aromatic rings. The van der Waals surface area contributed by atoms with Crippen LogP contribution >= 0.6 is 0 Å². The lowest BCUT2D eigenvalue weighted by molar-refractivity contribution is -0.132. The second kappa shape index (κ2) is 9.96. The molecule has 32 heavy (non-hydrogen) atoms. The van der Waals surface area contributed by atoms with E-state index in [1.807, 2.05) is 73.6 Å². The van der Waals surface area contributed by atoms with Gasteiger partial charge in [-0.15, -0.1) is 0 Å². The summed E-state index contributed by atoms with van der Waals surface area (Å²) in [4.78, 5) is 24.2. The van der Waals surface area contributed by atoms with E-state index in [2.05, 4.69) is 10.6 Å². The fourth-order valence-corrected chi connectivity index (χ4v) is 4.33. The molecule has 7 heteroatoms. The number of carbonyl (C=O) groups excluding carboxylic acids is 1. The van der Waals surface area contributed by atoms with Crippen LogP contribution < -0.4 is 15.5 Å². The van der Waals surface area contributed by atoms with Gasteiger partial charge in [0.25, 0.3) is 5.91 Å². The molecule has 1 heterocycles. The number of hydrogen-bond acceptors (Lipinski definition) is 6. The highest BCUT2D eigenvalue weighted by Crippen LogP contribution is 2.27. The summed E-state index contributed by atoms with van der Waals surface area (Å²) in [5, 5.41) is 7.73. The van der Waals surface area contributed by atoms with Gasteiger partial charge in [-0.1, -0.05) is 42.5 Å². The lowest BCUT2D eigenvalue weighted by Crippen LogP contribution is -2.42. The maximum atomic E-state index is 12.8. The van der Waals surface area contributed by atoms with Crippen molar-refractivity contribution in [3.05, 3.63) is 60.2 Å². The summed E-state index contributed by atoms with van der Waals surface area (Å²) in [5.74, 6) is 1.48. The van der Waals surface area contributed by atoms with E-state index >= 15 is 0 Å². The molecule has 1 aromatic heterocycles. The van der Waals surface area contributed by atoms with Crippen molar-refractivity contribution in [2.45, 2.75) is 43.9 Å². The van der Waals surface area contributed by atoms with Crippen LogP contribution in [0.5, 0.6) is 0 Å². The predicted molar refractivity (Wildman–Crippen MR) is 128 cm³/mol. The van der Waals surface area contributed by atoms with Crippen molar-refractivity contribution >= 4 is 28.6 Å². The molecule has 0 bridgehead atoms. The van der Waals surface area contributed by atoms with Gasteiger partial charge in [-0.3, -0.25) is 4.79 Å². The van der Waals surface area contributed by atoms with E-state index in [4.69, 9.17) is 14.7 Å². The number of aromatic nitrogens is 2. The second-order valence-corrected chi connectivity index (χ2v) is 8.51. The fraction of sp³-hybridized carbons (Fsp3) is 0.400. The van der Waals surface area contributed by atoms with Gasteiger partial charge in [0.05, 0.1) is 5.52 Å². The first kappa shape index (κ1) is 22.0. The van der Waals surface area contributed by atoms with Gasteiger partial charge in [-0.2, -0.15) is 4.98 Å². The van der Waals surface area contributed by atoms with Crippen LogP contribution in [0.3, 0.4) is 0 Å². The second-order valence-electron chi connectivity index (χ2n) is 8.51. The number of fused-ring (bicyclic) bond motifs is 1. The largest absolute Gasteiger partial charge is 0.367 e. The molecular weight excluding hydrogens is 402 g/mol. The summed E-state index contributed by atoms with van der Waals surface area (Å²) in [6.07, 6.45) is 3.12. The Kier molecular flexibility index (Phi) is 6.85. The molecule has 7 nitrogen and oxygen atoms in total. The molecule has 0 aliphatic heterocycles. The number of para-hydroxylation sites is 1. The first-order valence-corrected chi connectivity index (χ1v) is 11.1. The lowest BCUT2D eigenvalue weighted by Gasteiger charge is -2.31. The van der Waals surface area contributed by atoms with Gasteiger partial charge in [0.1, 0.15) is 5.82 Å². The molecule has 0 spiro atoms. The molecule has 0 radical (unpaired) electrons. The van der Waals surface area contributed by atoms with E-state index in [1.54, 1.807) is 7.11 Å². The number of rotatable bonds is 7. The Bertz CT molecular complexity index is 1050. The summed E-state index contributed by atoms with van der Waals surface area (Å²) >= 11 is 0. The number of methoxy groups -OCH3 is 1. The zero-order valence-corrected chi connectivity index (χ0v) is 18.9. The lowest BCUT2D eigenvalue weighted by atomic mass is 9.91. The van der Waals surface area contributed by atoms with Crippen molar-refractivity contribution in [1.29, 1.82) is 0 Å². The number of amides is 1. The Hall–Kier alpha value is -3.19. The van der Waals surface area contributed by atoms with E-state index < -0.39 is 6.10 Å². The molecular formula is C25H31N5O2. The first-order valence-electron chi connectivity index (χ1n) is 11.1. The minimum Gasteiger partial charge on any atom is -0.367 e. The molecule has 168 valence electrons. The van der Waals surface area contributed by atoms with Crippen molar-refractivity contribution in [3.8, 4) is 0 Å². The van der Waals surface area contributed by atoms with Crippen LogP contribution in [0.2, 0.25) is 0 Å². The van der Waals surface area contributed by atoms with Crippen LogP contribution in [0.4, 0.5) is 11.8 Å². The van der Waals surface area contributed by atoms with Crippen molar-refractivity contribution < 1.29 is 9.53 Å². The molecule has 1 amide bonds. The Morgan fingerprint density at radius 2 is 1.62 bits per heavy atom. The van der Waals surface area contributed by atoms with E-state index in [-0.39, 0.29) is 18.0 Å². The molecule has 1 aliphatic rings. The highest BCUT2D eigenvalue weighted by Gasteiger charge is 2.27. The van der Waals surface area contributed by atoms with Gasteiger partial charge in [-0.25, -0.2) is 4.98 Å². The van der Waals surface area contributed by atoms with Crippen LogP contribution in [0.1, 0.15) is 37.4 Å². The fourth-order valence-electron chi connectivity index (χ4n) is 4.33. The van der Waals surface area contributed by atoms with Crippen LogP contribution in [0.25, 0.3) is 10.9 Å². The van der Waals surface area contributed by atoms with Gasteiger partial charge in [0.2, 0.25) is 5.95 Å². The molecule has 2 N–H and O–H groups in total. The van der Waals surface area contributed by atoms with Crippen molar-refractivity contribution in [2.75, 3.05) is 31.4 Å². The number of nitrogens with zero attached hydrogens (tertiary/aromatic N) is 3. The maximum Gasteiger partial charge on any atom is 0.253 e. The van der Waals surface area contributed by atoms with Gasteiger partial charge < -0.3 is 20.3 Å². The first-order chi connectivity index (χ1) is 15.5. The highest BCUT2D eigenvalue weighted by molar-refractivity contribution is 5.90. The van der Waals surface area contributed by atoms with E-state index in [0.29, 0.717) is 5.95 Å². The smallest absolute Gasteiger partial charge is 0.253 e. The number of ether oxygens (including phenoxy) is 1. The van der Waals surface area contributed by atoms with Gasteiger partial charge >= 0.3 is 0 Å². The Labute approximate surface area is 189 Å². The minimum absolute atomic E-state index is 0.0800. The molecule has 2 aromatic carbocycles. The van der Waals surface area contributed by atoms with Gasteiger partial charge in [-0.05, 0) is 43.4 Å². The molecule has 1 saturated carbocycles. The van der Waals surface area contributed by atoms with Gasteiger partial charge in [0.15, 0.2) is 6.10 Å². The highest BCUT2D eigenvalue weighted by atomic mass is 16.5. The number of anilines is 2. The molecule has 1 aliphatic carbocycles. The molecule has 1 atom stereocenters. The summed E-state index contributed by atoms with van der Waals surface area (Å²) < 4.78 is 5.46. The topological polar surface area (TPSA) is 79.4 Å². The normalized spacial score (nSPS) is 19.3. The quantitative estimate of drug-likeness (QED) is 0.588. The average Bonchev–Trinajstić information content (AvgIpc) is 2.81. The van der Waals surface area contributed by atoms with E-state index in [1.165, 1.54) is 0 Å². The number of hydrogen-bond donors (Lipinski definition) is 2. The Morgan fingerprint density at radius 1 is 0.969 bits per heavy atom. The summed E-state index contributed by atoms with van der Waals surface area (Å²) in [7, 11) is 5.56. The average molecular weight is 434 g/mol. The monoisotopic (exact) mass is 433 g/mol. The van der Waals surface area contributed by atoms with Crippen LogP contribution in [-0.4, -0.2) is 49.2 Å². The minimum atomic E-state index is -0.581. The van der Waals surface area contributed by atoms with Gasteiger partial charge in [0, 0.05) is 38.7 Å². The number of nitrogens with one attached hydrogen (secondary N) is 2. The number of benzene rings is 2. The Morgan fingerprint density at radius 3 is 2.31 bits per heavy atom. The third-order valence-corrected chi connectivity index (χ3v) is 5.99. The third kappa shape index (κ3) is 4.99. The molecule has 1 unspecified atom stereocenters. The SMILES string of the molecule is COC(C(=O)NC1CCC(Nc2nc(N(C)C)c3ccccc3n2)CC1)c1ccccc1. The zero-order chi connectivity index (χ0) is 22.5. The molecule has 1 fully saturated rings. The van der Waals surface area contributed by atoms with Crippen LogP contribution in [-0.2, 0) is 9.53 Å². The van der Waals surface area contributed by atoms with Crippen molar-refractivity contribution in [3.63, 3.8) is 0 Å². The number of carbonyl (C=O) groups is 1. The van der Waals surface area contributed by atoms with Crippen molar-refractivity contribution in [2.24, 2.45) is 0 Å². The van der Waals surface area contributed by atoms with Crippen molar-refractivity contribution in [1.82, 2.24) is 15.3 Å². The molecule has 0 saturated heterocycles. The maximum absolute atomic E-state index is 12.8. The summed E-state index contributed by atoms with van der Waals surface area (Å²) in [6, 6.07) is 18.1. The summed E-state index contributed by atoms with van der Waals surface area (Å²) in [6.45, 7) is 0. The van der Waals surface area contributed by atoms with E-state index in [0.717, 1.165) is 48.0 Å². The standard InChI is InChI=1S/C25H31N5O2/c1-30(2)23-20-11-7-8-12-21(20)28-25(29-23)27-19-15-13-18(14-16-19)26-24(31)22(32-3)17-9-5-4-6-10-17/h4-12,18-19,22H,13-16H2,1-3H3,(H,26,31)(H,27,28,29). The summed E-state index contributed by atoms with van der Waals surface area (Å²) in [5.41, 5.74) is 1.80. The third-order valence-electron chi connectivity index (χ3n) is 5.99. The molecule has 4 rings (SSSR count). The zero-order valence-electron chi connectivity index (χ0n) is 18.9. The predicted octanol–water partition coefficient (Wildman–Crippen LogP) is 3.92. The Balaban J connectivity index is 1.36.